The maximum atomic E-state index is 10.9. The number of aliphatic hydroxyl groups excluding tert-OH is 1. The van der Waals surface area contributed by atoms with E-state index in [1.165, 1.54) is 32.1 Å². The smallest absolute Gasteiger partial charge is 0.0612 e. The Morgan fingerprint density at radius 3 is 2.22 bits per heavy atom. The maximum absolute atomic E-state index is 10.9. The number of fused-ring (bicyclic) bond motifs is 3. The highest BCUT2D eigenvalue weighted by molar-refractivity contribution is 9.09. The molecule has 27 heavy (non-hydrogen) atoms. The summed E-state index contributed by atoms with van der Waals surface area (Å²) < 4.78 is 0. The van der Waals surface area contributed by atoms with Crippen molar-refractivity contribution >= 4 is 31.9 Å². The molecule has 158 valence electrons. The van der Waals surface area contributed by atoms with Gasteiger partial charge in [-0.3, -0.25) is 0 Å². The Kier molecular flexibility index (Phi) is 7.85. The van der Waals surface area contributed by atoms with Crippen molar-refractivity contribution in [2.24, 2.45) is 59.2 Å². The average Bonchev–Trinajstić information content (AvgIpc) is 2.96. The van der Waals surface area contributed by atoms with Crippen molar-refractivity contribution in [1.29, 1.82) is 0 Å². The van der Waals surface area contributed by atoms with E-state index >= 15 is 0 Å². The molecule has 0 heterocycles. The van der Waals surface area contributed by atoms with Crippen LogP contribution >= 0.6 is 31.9 Å². The van der Waals surface area contributed by atoms with E-state index in [4.69, 9.17) is 0 Å². The van der Waals surface area contributed by atoms with Gasteiger partial charge in [-0.15, -0.1) is 0 Å². The Hall–Kier alpha value is 0.920. The molecule has 0 aromatic carbocycles. The lowest BCUT2D eigenvalue weighted by Crippen LogP contribution is -2.47. The number of hydrogen-bond acceptors (Lipinski definition) is 1. The fraction of sp³-hybridized carbons (Fsp3) is 1.00. The first kappa shape index (κ1) is 22.6. The largest absolute Gasteiger partial charge is 0.392 e. The van der Waals surface area contributed by atoms with E-state index in [0.29, 0.717) is 16.7 Å². The van der Waals surface area contributed by atoms with Gasteiger partial charge in [-0.25, -0.2) is 0 Å². The van der Waals surface area contributed by atoms with E-state index in [1.54, 1.807) is 0 Å². The molecule has 0 aromatic rings. The molecule has 0 bridgehead atoms. The summed E-state index contributed by atoms with van der Waals surface area (Å²) in [6.07, 6.45) is 8.00. The van der Waals surface area contributed by atoms with Crippen LogP contribution in [-0.4, -0.2) is 21.4 Å². The first-order valence-electron chi connectivity index (χ1n) is 11.7. The van der Waals surface area contributed by atoms with Crippen LogP contribution in [0.3, 0.4) is 0 Å². The van der Waals surface area contributed by atoms with Crippen LogP contribution in [0.15, 0.2) is 0 Å². The van der Waals surface area contributed by atoms with E-state index in [9.17, 15) is 5.11 Å². The van der Waals surface area contributed by atoms with Gasteiger partial charge in [0.15, 0.2) is 0 Å². The van der Waals surface area contributed by atoms with Gasteiger partial charge in [0.2, 0.25) is 0 Å². The highest BCUT2D eigenvalue weighted by Gasteiger charge is 2.52. The van der Waals surface area contributed by atoms with Crippen molar-refractivity contribution in [3.63, 3.8) is 0 Å². The molecule has 1 nitrogen and oxygen atoms in total. The van der Waals surface area contributed by atoms with Crippen molar-refractivity contribution in [3.05, 3.63) is 0 Å². The number of halogens is 2. The molecule has 3 saturated carbocycles. The SMILES string of the molecule is CCC(CBr)[C@@H](O)[C@@H](C)[C@@H](Br)C1CC[C@H]2C3C(C)CC(C)[C@H]3CC[C@H]2[C@H]1C. The third-order valence-corrected chi connectivity index (χ3v) is 11.7. The van der Waals surface area contributed by atoms with E-state index in [2.05, 4.69) is 66.5 Å². The fourth-order valence-corrected chi connectivity index (χ4v) is 9.64. The molecule has 0 radical (unpaired) electrons. The lowest BCUT2D eigenvalue weighted by atomic mass is 9.54. The van der Waals surface area contributed by atoms with Crippen LogP contribution < -0.4 is 0 Å². The molecule has 5 unspecified atom stereocenters. The second-order valence-corrected chi connectivity index (χ2v) is 12.3. The molecule has 3 fully saturated rings. The summed E-state index contributed by atoms with van der Waals surface area (Å²) in [5.74, 6) is 7.97. The maximum Gasteiger partial charge on any atom is 0.0612 e. The zero-order valence-corrected chi connectivity index (χ0v) is 21.3. The topological polar surface area (TPSA) is 20.2 Å². The van der Waals surface area contributed by atoms with Gasteiger partial charge in [-0.05, 0) is 91.3 Å². The van der Waals surface area contributed by atoms with Gasteiger partial charge < -0.3 is 5.11 Å². The lowest BCUT2D eigenvalue weighted by Gasteiger charge is -2.52. The number of rotatable bonds is 6. The van der Waals surface area contributed by atoms with Gasteiger partial charge in [0, 0.05) is 10.2 Å². The summed E-state index contributed by atoms with van der Waals surface area (Å²) in [6.45, 7) is 12.1. The van der Waals surface area contributed by atoms with E-state index in [0.717, 1.165) is 59.1 Å². The lowest BCUT2D eigenvalue weighted by molar-refractivity contribution is -0.0231. The van der Waals surface area contributed by atoms with Gasteiger partial charge in [0.05, 0.1) is 6.10 Å². The van der Waals surface area contributed by atoms with Gasteiger partial charge >= 0.3 is 0 Å². The highest BCUT2D eigenvalue weighted by Crippen LogP contribution is 2.59. The minimum absolute atomic E-state index is 0.213. The summed E-state index contributed by atoms with van der Waals surface area (Å²) >= 11 is 7.70. The molecule has 3 heteroatoms. The Morgan fingerprint density at radius 1 is 0.963 bits per heavy atom. The third kappa shape index (κ3) is 4.22. The van der Waals surface area contributed by atoms with Crippen LogP contribution in [0, 0.1) is 59.2 Å². The third-order valence-electron chi connectivity index (χ3n) is 9.34. The molecule has 0 aromatic heterocycles. The Bertz CT molecular complexity index is 479. The first-order valence-corrected chi connectivity index (χ1v) is 13.7. The van der Waals surface area contributed by atoms with Crippen molar-refractivity contribution in [1.82, 2.24) is 0 Å². The number of alkyl halides is 2. The molecule has 3 aliphatic rings. The normalized spacial score (nSPS) is 46.2. The predicted octanol–water partition coefficient (Wildman–Crippen LogP) is 7.15. The zero-order chi connectivity index (χ0) is 19.9. The van der Waals surface area contributed by atoms with Crippen LogP contribution in [0.1, 0.15) is 73.1 Å². The molecule has 0 saturated heterocycles. The summed E-state index contributed by atoms with van der Waals surface area (Å²) in [7, 11) is 0. The second kappa shape index (κ2) is 9.38. The van der Waals surface area contributed by atoms with Crippen molar-refractivity contribution < 1.29 is 5.11 Å². The van der Waals surface area contributed by atoms with E-state index < -0.39 is 0 Å². The molecule has 0 amide bonds. The van der Waals surface area contributed by atoms with Crippen LogP contribution in [0.2, 0.25) is 0 Å². The van der Waals surface area contributed by atoms with Gasteiger partial charge in [-0.2, -0.15) is 0 Å². The van der Waals surface area contributed by atoms with Crippen LogP contribution in [0.5, 0.6) is 0 Å². The number of aliphatic hydroxyl groups is 1. The summed E-state index contributed by atoms with van der Waals surface area (Å²) in [5, 5.41) is 11.8. The summed E-state index contributed by atoms with van der Waals surface area (Å²) in [4.78, 5) is 0.439. The Morgan fingerprint density at radius 2 is 1.59 bits per heavy atom. The standard InChI is InChI=1S/C24H42Br2O/c1-6-17(12-25)24(27)16(5)23(26)20-9-10-21-19(15(20)4)8-7-18-13(2)11-14(3)22(18)21/h13-24,27H,6-12H2,1-5H3/t13?,14?,15-,16+,17?,18-,19+,20?,21-,22?,23-,24+/m1/s1. The quantitative estimate of drug-likeness (QED) is 0.380. The first-order chi connectivity index (χ1) is 12.8. The summed E-state index contributed by atoms with van der Waals surface area (Å²) in [5.41, 5.74) is 0. The average molecular weight is 506 g/mol. The predicted molar refractivity (Wildman–Crippen MR) is 123 cm³/mol. The van der Waals surface area contributed by atoms with E-state index in [1.807, 2.05) is 0 Å². The fourth-order valence-electron chi connectivity index (χ4n) is 7.74. The molecule has 3 rings (SSSR count). The zero-order valence-electron chi connectivity index (χ0n) is 18.1. The van der Waals surface area contributed by atoms with Gasteiger partial charge in [0.25, 0.3) is 0 Å². The van der Waals surface area contributed by atoms with Gasteiger partial charge in [-0.1, -0.05) is 72.9 Å². The monoisotopic (exact) mass is 504 g/mol. The molecule has 0 spiro atoms. The minimum atomic E-state index is -0.213. The van der Waals surface area contributed by atoms with Crippen molar-refractivity contribution in [2.45, 2.75) is 84.1 Å². The van der Waals surface area contributed by atoms with Crippen LogP contribution in [0.25, 0.3) is 0 Å². The van der Waals surface area contributed by atoms with Gasteiger partial charge in [0.1, 0.15) is 0 Å². The number of hydrogen-bond donors (Lipinski definition) is 1. The molecule has 0 aliphatic heterocycles. The minimum Gasteiger partial charge on any atom is -0.392 e. The van der Waals surface area contributed by atoms with Crippen molar-refractivity contribution in [3.8, 4) is 0 Å². The van der Waals surface area contributed by atoms with E-state index in [-0.39, 0.29) is 6.10 Å². The highest BCUT2D eigenvalue weighted by atomic mass is 79.9. The molecular formula is C24H42Br2O. The molecule has 1 N–H and O–H groups in total. The molecule has 12 atom stereocenters. The summed E-state index contributed by atoms with van der Waals surface area (Å²) in [6, 6.07) is 0. The second-order valence-electron chi connectivity index (χ2n) is 10.6. The van der Waals surface area contributed by atoms with Crippen LogP contribution in [-0.2, 0) is 0 Å². The molecular weight excluding hydrogens is 464 g/mol. The van der Waals surface area contributed by atoms with Crippen LogP contribution in [0.4, 0.5) is 0 Å². The van der Waals surface area contributed by atoms with Crippen molar-refractivity contribution in [2.75, 3.05) is 5.33 Å². The molecule has 3 aliphatic carbocycles. The Balaban J connectivity index is 1.69. The Labute approximate surface area is 185 Å².